The van der Waals surface area contributed by atoms with Gasteiger partial charge in [-0.1, -0.05) is 11.3 Å². The number of carbonyl (C=O) groups excluding carboxylic acids is 2. The Morgan fingerprint density at radius 3 is 2.59 bits per heavy atom. The molecule has 0 bridgehead atoms. The molecule has 2 aromatic heterocycles. The van der Waals surface area contributed by atoms with Crippen LogP contribution in [0.1, 0.15) is 17.5 Å². The zero-order valence-corrected chi connectivity index (χ0v) is 15.6. The molecule has 3 aromatic rings. The molecule has 0 radical (unpaired) electrons. The lowest BCUT2D eigenvalue weighted by atomic mass is 10.3. The largest absolute Gasteiger partial charge is 0.465 e. The number of non-ortho nitro benzene ring substituents is 1. The number of thiazole rings is 1. The molecule has 13 heteroatoms. The topological polar surface area (TPSA) is 160 Å². The standard InChI is InChI=1S/C16H12N4O8S/c1-2-27-14(21)8-18-10-4-3-9(19(23)24)7-12(10)29-16(18)17-15(22)11-5-6-13(28-11)20(25)26/h3-7H,2,8H2,1H3. The Kier molecular flexibility index (Phi) is 5.50. The molecular weight excluding hydrogens is 408 g/mol. The van der Waals surface area contributed by atoms with E-state index in [1.807, 2.05) is 0 Å². The molecule has 0 fully saturated rings. The number of nitrogens with zero attached hydrogens (tertiary/aromatic N) is 4. The van der Waals surface area contributed by atoms with E-state index in [1.54, 1.807) is 6.92 Å². The van der Waals surface area contributed by atoms with Crippen molar-refractivity contribution in [1.82, 2.24) is 4.57 Å². The fraction of sp³-hybridized carbons (Fsp3) is 0.188. The highest BCUT2D eigenvalue weighted by atomic mass is 32.1. The number of fused-ring (bicyclic) bond motifs is 1. The normalized spacial score (nSPS) is 11.6. The summed E-state index contributed by atoms with van der Waals surface area (Å²) in [5, 5.41) is 21.7. The van der Waals surface area contributed by atoms with Gasteiger partial charge in [0.2, 0.25) is 5.76 Å². The van der Waals surface area contributed by atoms with Gasteiger partial charge in [0.05, 0.1) is 27.8 Å². The van der Waals surface area contributed by atoms with Gasteiger partial charge in [-0.15, -0.1) is 0 Å². The summed E-state index contributed by atoms with van der Waals surface area (Å²) < 4.78 is 11.5. The van der Waals surface area contributed by atoms with Crippen LogP contribution in [0.15, 0.2) is 39.7 Å². The third kappa shape index (κ3) is 4.19. The van der Waals surface area contributed by atoms with E-state index in [-0.39, 0.29) is 29.4 Å². The Labute approximate surface area is 164 Å². The maximum absolute atomic E-state index is 12.4. The van der Waals surface area contributed by atoms with Crippen LogP contribution in [0.25, 0.3) is 10.2 Å². The minimum Gasteiger partial charge on any atom is -0.465 e. The minimum absolute atomic E-state index is 0.0533. The van der Waals surface area contributed by atoms with E-state index in [0.29, 0.717) is 10.2 Å². The predicted octanol–water partition coefficient (Wildman–Crippen LogP) is 2.42. The van der Waals surface area contributed by atoms with Gasteiger partial charge in [0, 0.05) is 12.1 Å². The molecule has 12 nitrogen and oxygen atoms in total. The molecule has 0 spiro atoms. The van der Waals surface area contributed by atoms with Crippen LogP contribution >= 0.6 is 11.3 Å². The van der Waals surface area contributed by atoms with Crippen molar-refractivity contribution in [3.8, 4) is 0 Å². The van der Waals surface area contributed by atoms with Crippen LogP contribution in [0.5, 0.6) is 0 Å². The van der Waals surface area contributed by atoms with Gasteiger partial charge in [0.15, 0.2) is 4.80 Å². The first-order chi connectivity index (χ1) is 13.8. The van der Waals surface area contributed by atoms with Gasteiger partial charge in [-0.05, 0) is 19.1 Å². The first kappa shape index (κ1) is 19.9. The summed E-state index contributed by atoms with van der Waals surface area (Å²) in [6, 6.07) is 6.12. The minimum atomic E-state index is -0.906. The Morgan fingerprint density at radius 2 is 1.97 bits per heavy atom. The molecule has 2 heterocycles. The highest BCUT2D eigenvalue weighted by molar-refractivity contribution is 7.16. The second-order valence-corrected chi connectivity index (χ2v) is 6.51. The van der Waals surface area contributed by atoms with Crippen LogP contribution in [0, 0.1) is 20.2 Å². The van der Waals surface area contributed by atoms with E-state index in [2.05, 4.69) is 4.99 Å². The van der Waals surface area contributed by atoms with Crippen LogP contribution in [-0.2, 0) is 16.1 Å². The number of hydrogen-bond acceptors (Lipinski definition) is 9. The van der Waals surface area contributed by atoms with Crippen molar-refractivity contribution in [2.45, 2.75) is 13.5 Å². The zero-order chi connectivity index (χ0) is 21.1. The number of furan rings is 1. The molecule has 0 N–H and O–H groups in total. The number of carbonyl (C=O) groups is 2. The lowest BCUT2D eigenvalue weighted by molar-refractivity contribution is -0.402. The second kappa shape index (κ2) is 8.02. The third-order valence-corrected chi connectivity index (χ3v) is 4.69. The predicted molar refractivity (Wildman–Crippen MR) is 98.4 cm³/mol. The summed E-state index contributed by atoms with van der Waals surface area (Å²) in [4.78, 5) is 48.6. The summed E-state index contributed by atoms with van der Waals surface area (Å²) in [6.45, 7) is 1.50. The third-order valence-electron chi connectivity index (χ3n) is 3.65. The molecule has 0 saturated carbocycles. The van der Waals surface area contributed by atoms with Crippen LogP contribution in [0.2, 0.25) is 0 Å². The first-order valence-corrected chi connectivity index (χ1v) is 8.88. The number of rotatable bonds is 6. The SMILES string of the molecule is CCOC(=O)Cn1c(=NC(=O)c2ccc([N+](=O)[O-])o2)sc2cc([N+](=O)[O-])ccc21. The van der Waals surface area contributed by atoms with Crippen molar-refractivity contribution in [3.63, 3.8) is 0 Å². The fourth-order valence-corrected chi connectivity index (χ4v) is 3.49. The van der Waals surface area contributed by atoms with E-state index in [9.17, 15) is 29.8 Å². The van der Waals surface area contributed by atoms with Gasteiger partial charge in [0.1, 0.15) is 11.5 Å². The zero-order valence-electron chi connectivity index (χ0n) is 14.8. The second-order valence-electron chi connectivity index (χ2n) is 5.50. The van der Waals surface area contributed by atoms with Gasteiger partial charge < -0.3 is 13.7 Å². The molecule has 0 unspecified atom stereocenters. The lowest BCUT2D eigenvalue weighted by Crippen LogP contribution is -2.23. The van der Waals surface area contributed by atoms with E-state index >= 15 is 0 Å². The van der Waals surface area contributed by atoms with E-state index < -0.39 is 27.6 Å². The smallest absolute Gasteiger partial charge is 0.433 e. The summed E-state index contributed by atoms with van der Waals surface area (Å²) in [6.07, 6.45) is 0. The van der Waals surface area contributed by atoms with Gasteiger partial charge in [-0.2, -0.15) is 4.99 Å². The number of nitro groups is 2. The highest BCUT2D eigenvalue weighted by Gasteiger charge is 2.19. The molecule has 0 atom stereocenters. The van der Waals surface area contributed by atoms with Crippen LogP contribution in [-0.4, -0.2) is 32.9 Å². The molecule has 1 aromatic carbocycles. The number of esters is 1. The number of ether oxygens (including phenoxy) is 1. The summed E-state index contributed by atoms with van der Waals surface area (Å²) >= 11 is 0.939. The Hall–Kier alpha value is -3.87. The van der Waals surface area contributed by atoms with Crippen molar-refractivity contribution in [2.24, 2.45) is 4.99 Å². The molecule has 29 heavy (non-hydrogen) atoms. The number of aromatic nitrogens is 1. The van der Waals surface area contributed by atoms with E-state index in [1.165, 1.54) is 22.8 Å². The lowest BCUT2D eigenvalue weighted by Gasteiger charge is -2.04. The molecule has 1 amide bonds. The molecule has 0 aliphatic carbocycles. The number of benzene rings is 1. The van der Waals surface area contributed by atoms with Crippen molar-refractivity contribution < 1.29 is 28.6 Å². The summed E-state index contributed by atoms with van der Waals surface area (Å²) in [5.74, 6) is -2.47. The van der Waals surface area contributed by atoms with E-state index in [0.717, 1.165) is 23.5 Å². The molecule has 150 valence electrons. The number of hydrogen-bond donors (Lipinski definition) is 0. The monoisotopic (exact) mass is 420 g/mol. The maximum Gasteiger partial charge on any atom is 0.433 e. The molecule has 0 aliphatic heterocycles. The first-order valence-electron chi connectivity index (χ1n) is 8.07. The van der Waals surface area contributed by atoms with Gasteiger partial charge >= 0.3 is 17.8 Å². The molecular formula is C16H12N4O8S. The molecule has 0 saturated heterocycles. The highest BCUT2D eigenvalue weighted by Crippen LogP contribution is 2.23. The Balaban J connectivity index is 2.11. The van der Waals surface area contributed by atoms with Crippen molar-refractivity contribution in [1.29, 1.82) is 0 Å². The van der Waals surface area contributed by atoms with Gasteiger partial charge in [-0.3, -0.25) is 29.8 Å². The Morgan fingerprint density at radius 1 is 1.21 bits per heavy atom. The average molecular weight is 420 g/mol. The van der Waals surface area contributed by atoms with Crippen molar-refractivity contribution in [2.75, 3.05) is 6.61 Å². The van der Waals surface area contributed by atoms with E-state index in [4.69, 9.17) is 9.15 Å². The van der Waals surface area contributed by atoms with Gasteiger partial charge in [-0.25, -0.2) is 0 Å². The fourth-order valence-electron chi connectivity index (χ4n) is 2.43. The quantitative estimate of drug-likeness (QED) is 0.334. The Bertz CT molecular complexity index is 1210. The molecule has 0 aliphatic rings. The number of nitro benzene ring substituents is 1. The van der Waals surface area contributed by atoms with Gasteiger partial charge in [0.25, 0.3) is 5.69 Å². The average Bonchev–Trinajstić information content (AvgIpc) is 3.27. The summed E-state index contributed by atoms with van der Waals surface area (Å²) in [7, 11) is 0. The maximum atomic E-state index is 12.4. The van der Waals surface area contributed by atoms with Crippen molar-refractivity contribution in [3.05, 3.63) is 61.1 Å². The molecule has 3 rings (SSSR count). The number of amides is 1. The summed E-state index contributed by atoms with van der Waals surface area (Å²) in [5.41, 5.74) is 0.271. The van der Waals surface area contributed by atoms with Crippen LogP contribution in [0.3, 0.4) is 0 Å². The van der Waals surface area contributed by atoms with Crippen molar-refractivity contribution >= 4 is 45.0 Å². The van der Waals surface area contributed by atoms with Crippen LogP contribution < -0.4 is 4.80 Å². The van der Waals surface area contributed by atoms with Crippen LogP contribution in [0.4, 0.5) is 11.6 Å².